The van der Waals surface area contributed by atoms with Crippen molar-refractivity contribution in [2.45, 2.75) is 25.8 Å². The average molecular weight is 312 g/mol. The van der Waals surface area contributed by atoms with E-state index < -0.39 is 5.91 Å². The lowest BCUT2D eigenvalue weighted by molar-refractivity contribution is -0.122. The molecule has 1 unspecified atom stereocenters. The Bertz CT molecular complexity index is 699. The third kappa shape index (κ3) is 4.10. The molecule has 0 aliphatic rings. The largest absolute Gasteiger partial charge is 0.507 e. The predicted molar refractivity (Wildman–Crippen MR) is 87.9 cm³/mol. The van der Waals surface area contributed by atoms with Crippen molar-refractivity contribution in [1.29, 1.82) is 0 Å². The SMILES string of the molecule is CCC(C(=O)NCc1ccc(C(N)=O)c(O)c1)c1ccccc1. The van der Waals surface area contributed by atoms with Crippen LogP contribution in [0.15, 0.2) is 48.5 Å². The van der Waals surface area contributed by atoms with Gasteiger partial charge in [0, 0.05) is 6.54 Å². The molecule has 0 saturated carbocycles. The van der Waals surface area contributed by atoms with Crippen molar-refractivity contribution in [2.24, 2.45) is 5.73 Å². The van der Waals surface area contributed by atoms with Crippen LogP contribution in [-0.4, -0.2) is 16.9 Å². The van der Waals surface area contributed by atoms with Crippen molar-refractivity contribution in [3.05, 3.63) is 65.2 Å². The zero-order valence-electron chi connectivity index (χ0n) is 13.0. The van der Waals surface area contributed by atoms with Gasteiger partial charge in [0.25, 0.3) is 5.91 Å². The maximum Gasteiger partial charge on any atom is 0.252 e. The van der Waals surface area contributed by atoms with Crippen LogP contribution in [0, 0.1) is 0 Å². The number of benzene rings is 2. The summed E-state index contributed by atoms with van der Waals surface area (Å²) in [6, 6.07) is 14.1. The Morgan fingerprint density at radius 1 is 1.17 bits per heavy atom. The molecule has 0 spiro atoms. The summed E-state index contributed by atoms with van der Waals surface area (Å²) in [6.07, 6.45) is 0.696. The monoisotopic (exact) mass is 312 g/mol. The van der Waals surface area contributed by atoms with E-state index in [0.29, 0.717) is 12.0 Å². The van der Waals surface area contributed by atoms with E-state index >= 15 is 0 Å². The zero-order chi connectivity index (χ0) is 16.8. The minimum absolute atomic E-state index is 0.0656. The van der Waals surface area contributed by atoms with Gasteiger partial charge in [0.15, 0.2) is 0 Å². The van der Waals surface area contributed by atoms with Gasteiger partial charge in [-0.25, -0.2) is 0 Å². The second-order valence-corrected chi connectivity index (χ2v) is 5.31. The lowest BCUT2D eigenvalue weighted by Gasteiger charge is -2.15. The summed E-state index contributed by atoms with van der Waals surface area (Å²) < 4.78 is 0. The molecule has 0 bridgehead atoms. The summed E-state index contributed by atoms with van der Waals surface area (Å²) in [7, 11) is 0. The third-order valence-corrected chi connectivity index (χ3v) is 3.72. The summed E-state index contributed by atoms with van der Waals surface area (Å²) in [5, 5.41) is 12.6. The molecule has 120 valence electrons. The van der Waals surface area contributed by atoms with Gasteiger partial charge in [0.1, 0.15) is 5.75 Å². The number of carbonyl (C=O) groups excluding carboxylic acids is 2. The number of phenols is 1. The van der Waals surface area contributed by atoms with Gasteiger partial charge < -0.3 is 16.2 Å². The Labute approximate surface area is 135 Å². The molecule has 5 heteroatoms. The fourth-order valence-electron chi connectivity index (χ4n) is 2.47. The summed E-state index contributed by atoms with van der Waals surface area (Å²) in [4.78, 5) is 23.4. The molecule has 23 heavy (non-hydrogen) atoms. The smallest absolute Gasteiger partial charge is 0.252 e. The molecule has 0 aromatic heterocycles. The molecule has 2 aromatic rings. The van der Waals surface area contributed by atoms with E-state index in [9.17, 15) is 14.7 Å². The predicted octanol–water partition coefficient (Wildman–Crippen LogP) is 2.30. The molecule has 2 amide bonds. The molecule has 0 fully saturated rings. The van der Waals surface area contributed by atoms with E-state index in [-0.39, 0.29) is 29.7 Å². The Kier molecular flexibility index (Phi) is 5.36. The quantitative estimate of drug-likeness (QED) is 0.764. The summed E-state index contributed by atoms with van der Waals surface area (Å²) >= 11 is 0. The van der Waals surface area contributed by atoms with Crippen LogP contribution in [0.5, 0.6) is 5.75 Å². The molecule has 2 rings (SSSR count). The zero-order valence-corrected chi connectivity index (χ0v) is 13.0. The molecule has 0 radical (unpaired) electrons. The van der Waals surface area contributed by atoms with Gasteiger partial charge in [-0.1, -0.05) is 43.3 Å². The maximum atomic E-state index is 12.4. The van der Waals surface area contributed by atoms with Crippen LogP contribution in [0.1, 0.15) is 40.7 Å². The normalized spacial score (nSPS) is 11.7. The number of aromatic hydroxyl groups is 1. The fraction of sp³-hybridized carbons (Fsp3) is 0.222. The van der Waals surface area contributed by atoms with E-state index in [4.69, 9.17) is 5.73 Å². The highest BCUT2D eigenvalue weighted by Gasteiger charge is 2.18. The highest BCUT2D eigenvalue weighted by molar-refractivity contribution is 5.95. The Balaban J connectivity index is 2.04. The molecule has 5 nitrogen and oxygen atoms in total. The Morgan fingerprint density at radius 3 is 2.43 bits per heavy atom. The lowest BCUT2D eigenvalue weighted by atomic mass is 9.95. The number of nitrogens with one attached hydrogen (secondary N) is 1. The molecule has 0 aliphatic carbocycles. The van der Waals surface area contributed by atoms with Crippen molar-refractivity contribution in [2.75, 3.05) is 0 Å². The molecule has 1 atom stereocenters. The van der Waals surface area contributed by atoms with Crippen molar-refractivity contribution < 1.29 is 14.7 Å². The van der Waals surface area contributed by atoms with Crippen LogP contribution < -0.4 is 11.1 Å². The highest BCUT2D eigenvalue weighted by Crippen LogP contribution is 2.21. The molecule has 0 aliphatic heterocycles. The number of hydrogen-bond acceptors (Lipinski definition) is 3. The molecule has 0 heterocycles. The molecule has 4 N–H and O–H groups in total. The van der Waals surface area contributed by atoms with Crippen LogP contribution >= 0.6 is 0 Å². The second kappa shape index (κ2) is 7.45. The van der Waals surface area contributed by atoms with Crippen molar-refractivity contribution >= 4 is 11.8 Å². The van der Waals surface area contributed by atoms with Crippen LogP contribution in [0.4, 0.5) is 0 Å². The maximum absolute atomic E-state index is 12.4. The first-order valence-electron chi connectivity index (χ1n) is 7.47. The van der Waals surface area contributed by atoms with Gasteiger partial charge in [-0.2, -0.15) is 0 Å². The number of nitrogens with two attached hydrogens (primary N) is 1. The number of carbonyl (C=O) groups is 2. The Morgan fingerprint density at radius 2 is 1.87 bits per heavy atom. The number of primary amides is 1. The topological polar surface area (TPSA) is 92.4 Å². The first kappa shape index (κ1) is 16.5. The van der Waals surface area contributed by atoms with Gasteiger partial charge >= 0.3 is 0 Å². The first-order chi connectivity index (χ1) is 11.0. The van der Waals surface area contributed by atoms with Crippen molar-refractivity contribution in [3.63, 3.8) is 0 Å². The summed E-state index contributed by atoms with van der Waals surface area (Å²) in [5.41, 5.74) is 6.88. The van der Waals surface area contributed by atoms with Crippen molar-refractivity contribution in [3.8, 4) is 5.75 Å². The third-order valence-electron chi connectivity index (χ3n) is 3.72. The summed E-state index contributed by atoms with van der Waals surface area (Å²) in [6.45, 7) is 2.24. The Hall–Kier alpha value is -2.82. The molecule has 2 aromatic carbocycles. The van der Waals surface area contributed by atoms with E-state index in [2.05, 4.69) is 5.32 Å². The van der Waals surface area contributed by atoms with Gasteiger partial charge in [-0.3, -0.25) is 9.59 Å². The van der Waals surface area contributed by atoms with Gasteiger partial charge in [-0.05, 0) is 29.7 Å². The fourth-order valence-corrected chi connectivity index (χ4v) is 2.47. The molecule has 0 saturated heterocycles. The lowest BCUT2D eigenvalue weighted by Crippen LogP contribution is -2.28. The first-order valence-corrected chi connectivity index (χ1v) is 7.47. The number of rotatable bonds is 6. The number of amides is 2. The van der Waals surface area contributed by atoms with E-state index in [1.165, 1.54) is 12.1 Å². The van der Waals surface area contributed by atoms with E-state index in [0.717, 1.165) is 5.56 Å². The minimum atomic E-state index is -0.687. The summed E-state index contributed by atoms with van der Waals surface area (Å²) in [5.74, 6) is -1.15. The minimum Gasteiger partial charge on any atom is -0.507 e. The average Bonchev–Trinajstić information content (AvgIpc) is 2.54. The molecular formula is C18H20N2O3. The van der Waals surface area contributed by atoms with Gasteiger partial charge in [0.05, 0.1) is 11.5 Å². The van der Waals surface area contributed by atoms with Gasteiger partial charge in [0.2, 0.25) is 5.91 Å². The van der Waals surface area contributed by atoms with Crippen LogP contribution in [-0.2, 0) is 11.3 Å². The van der Waals surface area contributed by atoms with Crippen molar-refractivity contribution in [1.82, 2.24) is 5.32 Å². The standard InChI is InChI=1S/C18H20N2O3/c1-2-14(13-6-4-3-5-7-13)18(23)20-11-12-8-9-15(17(19)22)16(21)10-12/h3-10,14,21H,2,11H2,1H3,(H2,19,22)(H,20,23). The van der Waals surface area contributed by atoms with Crippen LogP contribution in [0.25, 0.3) is 0 Å². The second-order valence-electron chi connectivity index (χ2n) is 5.31. The van der Waals surface area contributed by atoms with Crippen LogP contribution in [0.2, 0.25) is 0 Å². The van der Waals surface area contributed by atoms with E-state index in [1.807, 2.05) is 37.3 Å². The highest BCUT2D eigenvalue weighted by atomic mass is 16.3. The molecular weight excluding hydrogens is 292 g/mol. The van der Waals surface area contributed by atoms with Gasteiger partial charge in [-0.15, -0.1) is 0 Å². The van der Waals surface area contributed by atoms with E-state index in [1.54, 1.807) is 6.07 Å². The number of hydrogen-bond donors (Lipinski definition) is 3. The van der Waals surface area contributed by atoms with Crippen LogP contribution in [0.3, 0.4) is 0 Å².